The lowest BCUT2D eigenvalue weighted by Crippen LogP contribution is -2.48. The van der Waals surface area contributed by atoms with Crippen molar-refractivity contribution in [2.75, 3.05) is 0 Å². The normalized spacial score (nSPS) is 19.5. The van der Waals surface area contributed by atoms with Crippen LogP contribution >= 0.6 is 22.7 Å². The van der Waals surface area contributed by atoms with E-state index in [1.165, 1.54) is 19.9 Å². The lowest BCUT2D eigenvalue weighted by atomic mass is 10.0. The van der Waals surface area contributed by atoms with Gasteiger partial charge in [0.15, 0.2) is 0 Å². The second-order valence-corrected chi connectivity index (χ2v) is 9.64. The first-order chi connectivity index (χ1) is 13.9. The van der Waals surface area contributed by atoms with Crippen molar-refractivity contribution in [1.29, 1.82) is 0 Å². The zero-order chi connectivity index (χ0) is 22.1. The van der Waals surface area contributed by atoms with Crippen LogP contribution in [0, 0.1) is 20.8 Å². The van der Waals surface area contributed by atoms with Crippen molar-refractivity contribution in [2.24, 2.45) is 0 Å². The Morgan fingerprint density at radius 3 is 1.67 bits per heavy atom. The van der Waals surface area contributed by atoms with Crippen LogP contribution < -0.4 is 0 Å². The SMILES string of the molecule is Cc1cc(C)c(C2=C(c3sc(-c4ccccc4)cc3C)C(F)(F)C(F)(F)C2(F)F)s1. The standard InChI is InChI=1S/C22H16F6S2/c1-11-9-13(3)29-18(11)16-17(21(25,26)22(27,28)20(16,23)24)19-12(2)10-15(30-19)14-7-5-4-6-8-14/h4-10H,1-3H3. The summed E-state index contributed by atoms with van der Waals surface area (Å²) in [5.74, 6) is -15.5. The first-order valence-corrected chi connectivity index (χ1v) is 10.6. The van der Waals surface area contributed by atoms with Crippen molar-refractivity contribution < 1.29 is 26.3 Å². The van der Waals surface area contributed by atoms with Crippen LogP contribution in [0.5, 0.6) is 0 Å². The van der Waals surface area contributed by atoms with E-state index in [1.54, 1.807) is 43.3 Å². The highest BCUT2D eigenvalue weighted by atomic mass is 32.1. The molecule has 2 heterocycles. The number of alkyl halides is 6. The molecule has 0 fully saturated rings. The van der Waals surface area contributed by atoms with Crippen molar-refractivity contribution in [2.45, 2.75) is 38.5 Å². The Hall–Kier alpha value is -2.06. The molecule has 0 N–H and O–H groups in total. The van der Waals surface area contributed by atoms with E-state index in [9.17, 15) is 26.3 Å². The molecular weight excluding hydrogens is 442 g/mol. The van der Waals surface area contributed by atoms with E-state index in [2.05, 4.69) is 0 Å². The van der Waals surface area contributed by atoms with E-state index < -0.39 is 28.9 Å². The maximum atomic E-state index is 15.0. The van der Waals surface area contributed by atoms with Gasteiger partial charge in [0.05, 0.1) is 11.1 Å². The molecule has 2 aromatic heterocycles. The summed E-state index contributed by atoms with van der Waals surface area (Å²) in [6.45, 7) is 4.56. The molecular formula is C22H16F6S2. The Kier molecular flexibility index (Phi) is 4.74. The zero-order valence-electron chi connectivity index (χ0n) is 16.1. The van der Waals surface area contributed by atoms with Crippen LogP contribution in [0.4, 0.5) is 26.3 Å². The van der Waals surface area contributed by atoms with Crippen LogP contribution in [0.15, 0.2) is 42.5 Å². The molecule has 3 aromatic rings. The Balaban J connectivity index is 2.05. The van der Waals surface area contributed by atoms with Gasteiger partial charge < -0.3 is 0 Å². The van der Waals surface area contributed by atoms with E-state index in [0.29, 0.717) is 15.3 Å². The van der Waals surface area contributed by atoms with Gasteiger partial charge in [-0.2, -0.15) is 26.3 Å². The van der Waals surface area contributed by atoms with E-state index in [4.69, 9.17) is 0 Å². The summed E-state index contributed by atoms with van der Waals surface area (Å²) in [7, 11) is 0. The average molecular weight is 458 g/mol. The lowest BCUT2D eigenvalue weighted by Gasteiger charge is -2.25. The summed E-state index contributed by atoms with van der Waals surface area (Å²) in [6, 6.07) is 11.9. The molecule has 0 saturated carbocycles. The predicted octanol–water partition coefficient (Wildman–Crippen LogP) is 8.23. The number of thiophene rings is 2. The summed E-state index contributed by atoms with van der Waals surface area (Å²) >= 11 is 1.65. The van der Waals surface area contributed by atoms with Crippen LogP contribution in [-0.2, 0) is 0 Å². The van der Waals surface area contributed by atoms with Gasteiger partial charge in [-0.05, 0) is 49.6 Å². The van der Waals surface area contributed by atoms with Gasteiger partial charge in [0.1, 0.15) is 0 Å². The van der Waals surface area contributed by atoms with Gasteiger partial charge >= 0.3 is 17.8 Å². The van der Waals surface area contributed by atoms with Gasteiger partial charge in [0.2, 0.25) is 0 Å². The smallest absolute Gasteiger partial charge is 0.194 e. The summed E-state index contributed by atoms with van der Waals surface area (Å²) in [5, 5.41) is 0. The molecule has 0 spiro atoms. The Labute approximate surface area is 177 Å². The lowest BCUT2D eigenvalue weighted by molar-refractivity contribution is -0.254. The number of benzene rings is 1. The van der Waals surface area contributed by atoms with Crippen molar-refractivity contribution >= 4 is 33.8 Å². The molecule has 0 unspecified atom stereocenters. The highest BCUT2D eigenvalue weighted by Crippen LogP contribution is 2.66. The van der Waals surface area contributed by atoms with Crippen LogP contribution in [0.1, 0.15) is 25.8 Å². The highest BCUT2D eigenvalue weighted by molar-refractivity contribution is 7.17. The molecule has 0 radical (unpaired) electrons. The van der Waals surface area contributed by atoms with Crippen molar-refractivity contribution in [3.63, 3.8) is 0 Å². The molecule has 1 aliphatic rings. The number of aryl methyl sites for hydroxylation is 3. The van der Waals surface area contributed by atoms with E-state index >= 15 is 0 Å². The van der Waals surface area contributed by atoms with E-state index in [1.807, 2.05) is 0 Å². The van der Waals surface area contributed by atoms with Crippen molar-refractivity contribution in [3.05, 3.63) is 68.2 Å². The fraction of sp³-hybridized carbons (Fsp3) is 0.273. The maximum Gasteiger partial charge on any atom is 0.380 e. The number of allylic oxidation sites excluding steroid dienone is 2. The molecule has 0 saturated heterocycles. The molecule has 1 aromatic carbocycles. The first kappa shape index (κ1) is 21.2. The zero-order valence-corrected chi connectivity index (χ0v) is 17.8. The Morgan fingerprint density at radius 2 is 1.17 bits per heavy atom. The van der Waals surface area contributed by atoms with Crippen molar-refractivity contribution in [3.8, 4) is 10.4 Å². The first-order valence-electron chi connectivity index (χ1n) is 9.02. The van der Waals surface area contributed by atoms with Crippen LogP contribution in [-0.4, -0.2) is 17.8 Å². The van der Waals surface area contributed by atoms with Gasteiger partial charge in [0, 0.05) is 19.5 Å². The topological polar surface area (TPSA) is 0 Å². The van der Waals surface area contributed by atoms with Crippen LogP contribution in [0.3, 0.4) is 0 Å². The highest BCUT2D eigenvalue weighted by Gasteiger charge is 2.80. The fourth-order valence-corrected chi connectivity index (χ4v) is 6.07. The number of hydrogen-bond donors (Lipinski definition) is 0. The summed E-state index contributed by atoms with van der Waals surface area (Å²) in [4.78, 5) is 0.662. The fourth-order valence-electron chi connectivity index (χ4n) is 3.70. The van der Waals surface area contributed by atoms with Crippen molar-refractivity contribution in [1.82, 2.24) is 0 Å². The van der Waals surface area contributed by atoms with Gasteiger partial charge in [-0.25, -0.2) is 0 Å². The quantitative estimate of drug-likeness (QED) is 0.347. The minimum Gasteiger partial charge on any atom is -0.194 e. The van der Waals surface area contributed by atoms with Crippen LogP contribution in [0.2, 0.25) is 0 Å². The predicted molar refractivity (Wildman–Crippen MR) is 110 cm³/mol. The molecule has 158 valence electrons. The summed E-state index contributed by atoms with van der Waals surface area (Å²) in [6.07, 6.45) is 0. The number of rotatable bonds is 3. The average Bonchev–Trinajstić information content (AvgIpc) is 3.23. The molecule has 0 aliphatic heterocycles. The molecule has 0 nitrogen and oxygen atoms in total. The van der Waals surface area contributed by atoms with Gasteiger partial charge in [0.25, 0.3) is 0 Å². The second kappa shape index (κ2) is 6.72. The third kappa shape index (κ3) is 2.80. The maximum absolute atomic E-state index is 15.0. The van der Waals surface area contributed by atoms with Crippen LogP contribution in [0.25, 0.3) is 21.6 Å². The summed E-state index contributed by atoms with van der Waals surface area (Å²) < 4.78 is 88.5. The Bertz CT molecular complexity index is 1150. The molecule has 0 atom stereocenters. The largest absolute Gasteiger partial charge is 0.380 e. The number of hydrogen-bond acceptors (Lipinski definition) is 2. The molecule has 0 amide bonds. The molecule has 0 bridgehead atoms. The third-order valence-corrected chi connectivity index (χ3v) is 7.61. The summed E-state index contributed by atoms with van der Waals surface area (Å²) in [5.41, 5.74) is -1.31. The second-order valence-electron chi connectivity index (χ2n) is 7.33. The van der Waals surface area contributed by atoms with Gasteiger partial charge in [-0.3, -0.25) is 0 Å². The minimum absolute atomic E-state index is 0.224. The Morgan fingerprint density at radius 1 is 0.667 bits per heavy atom. The third-order valence-electron chi connectivity index (χ3n) is 5.14. The van der Waals surface area contributed by atoms with Gasteiger partial charge in [-0.1, -0.05) is 30.3 Å². The minimum atomic E-state index is -5.53. The molecule has 8 heteroatoms. The van der Waals surface area contributed by atoms with E-state index in [0.717, 1.165) is 22.7 Å². The van der Waals surface area contributed by atoms with E-state index in [-0.39, 0.29) is 20.9 Å². The molecule has 30 heavy (non-hydrogen) atoms. The monoisotopic (exact) mass is 458 g/mol. The van der Waals surface area contributed by atoms with Gasteiger partial charge in [-0.15, -0.1) is 22.7 Å². The molecule has 1 aliphatic carbocycles. The number of halogens is 6. The molecule has 4 rings (SSSR count).